The Hall–Kier alpha value is -3.92. The normalized spacial score (nSPS) is 10.7. The van der Waals surface area contributed by atoms with Crippen LogP contribution in [0.4, 0.5) is 11.4 Å². The van der Waals surface area contributed by atoms with Crippen LogP contribution < -0.4 is 10.2 Å². The van der Waals surface area contributed by atoms with E-state index in [1.807, 2.05) is 91.0 Å². The molecule has 0 radical (unpaired) electrons. The molecule has 4 nitrogen and oxygen atoms in total. The number of anilines is 2. The molecule has 2 N–H and O–H groups in total. The van der Waals surface area contributed by atoms with Gasteiger partial charge in [-0.3, -0.25) is 4.79 Å². The van der Waals surface area contributed by atoms with Crippen molar-refractivity contribution < 1.29 is 4.79 Å². The highest BCUT2D eigenvalue weighted by atomic mass is 16.2. The van der Waals surface area contributed by atoms with E-state index in [1.165, 1.54) is 0 Å². The summed E-state index contributed by atoms with van der Waals surface area (Å²) in [4.78, 5) is 14.7. The van der Waals surface area contributed by atoms with Gasteiger partial charge in [-0.1, -0.05) is 74.0 Å². The summed E-state index contributed by atoms with van der Waals surface area (Å²) in [6.07, 6.45) is 1.73. The third kappa shape index (κ3) is 5.12. The minimum Gasteiger partial charge on any atom is -0.380 e. The molecule has 4 rings (SSSR count). The molecule has 4 heteroatoms. The highest BCUT2D eigenvalue weighted by molar-refractivity contribution is 6.07. The van der Waals surface area contributed by atoms with Crippen LogP contribution in [0.3, 0.4) is 0 Å². The first-order chi connectivity index (χ1) is 16.1. The van der Waals surface area contributed by atoms with Crippen molar-refractivity contribution in [3.63, 3.8) is 0 Å². The summed E-state index contributed by atoms with van der Waals surface area (Å²) in [6.45, 7) is 2.74. The fourth-order valence-corrected chi connectivity index (χ4v) is 3.95. The van der Waals surface area contributed by atoms with E-state index in [2.05, 4.69) is 12.2 Å². The molecule has 0 heterocycles. The Bertz CT molecular complexity index is 1280. The number of benzene rings is 4. The van der Waals surface area contributed by atoms with E-state index >= 15 is 0 Å². The first kappa shape index (κ1) is 22.3. The second-order valence-corrected chi connectivity index (χ2v) is 8.22. The third-order valence-corrected chi connectivity index (χ3v) is 5.86. The molecule has 0 aromatic heterocycles. The molecule has 0 aliphatic rings. The Morgan fingerprint density at radius 3 is 2.33 bits per heavy atom. The number of amides is 1. The molecule has 0 saturated heterocycles. The molecule has 4 aromatic carbocycles. The Labute approximate surface area is 195 Å². The third-order valence-electron chi connectivity index (χ3n) is 5.86. The Morgan fingerprint density at radius 2 is 1.58 bits per heavy atom. The number of para-hydroxylation sites is 1. The first-order valence-electron chi connectivity index (χ1n) is 11.3. The summed E-state index contributed by atoms with van der Waals surface area (Å²) in [5.74, 6) is -0.0324. The van der Waals surface area contributed by atoms with Crippen LogP contribution in [0.2, 0.25) is 0 Å². The van der Waals surface area contributed by atoms with Crippen molar-refractivity contribution in [1.29, 1.82) is 5.41 Å². The van der Waals surface area contributed by atoms with Gasteiger partial charge in [0.25, 0.3) is 5.91 Å². The zero-order valence-corrected chi connectivity index (χ0v) is 19.1. The van der Waals surface area contributed by atoms with Crippen LogP contribution in [0.15, 0.2) is 91.0 Å². The van der Waals surface area contributed by atoms with E-state index in [-0.39, 0.29) is 5.91 Å². The maximum atomic E-state index is 13.0. The minimum absolute atomic E-state index is 0.0324. The SMILES string of the molecule is CCCC(=N)c1ccccc1NCc1ccc(N(C)C(=O)c2ccc3ccccc3c2)cc1. The fourth-order valence-electron chi connectivity index (χ4n) is 3.95. The van der Waals surface area contributed by atoms with Crippen LogP contribution in [-0.2, 0) is 6.54 Å². The van der Waals surface area contributed by atoms with Crippen molar-refractivity contribution in [2.75, 3.05) is 17.3 Å². The highest BCUT2D eigenvalue weighted by Gasteiger charge is 2.14. The maximum Gasteiger partial charge on any atom is 0.258 e. The van der Waals surface area contributed by atoms with Crippen molar-refractivity contribution in [2.45, 2.75) is 26.3 Å². The molecule has 0 aliphatic heterocycles. The van der Waals surface area contributed by atoms with Gasteiger partial charge >= 0.3 is 0 Å². The lowest BCUT2D eigenvalue weighted by molar-refractivity contribution is 0.0993. The van der Waals surface area contributed by atoms with Crippen LogP contribution in [0.25, 0.3) is 10.8 Å². The topological polar surface area (TPSA) is 56.2 Å². The van der Waals surface area contributed by atoms with Gasteiger partial charge in [-0.25, -0.2) is 0 Å². The average Bonchev–Trinajstić information content (AvgIpc) is 2.87. The zero-order valence-electron chi connectivity index (χ0n) is 19.1. The lowest BCUT2D eigenvalue weighted by atomic mass is 10.0. The van der Waals surface area contributed by atoms with Crippen LogP contribution in [0, 0.1) is 5.41 Å². The molecule has 33 heavy (non-hydrogen) atoms. The number of rotatable bonds is 8. The minimum atomic E-state index is -0.0324. The Morgan fingerprint density at radius 1 is 0.879 bits per heavy atom. The largest absolute Gasteiger partial charge is 0.380 e. The van der Waals surface area contributed by atoms with Gasteiger partial charge in [0.05, 0.1) is 0 Å². The predicted molar refractivity (Wildman–Crippen MR) is 139 cm³/mol. The van der Waals surface area contributed by atoms with Gasteiger partial charge in [0, 0.05) is 41.8 Å². The summed E-state index contributed by atoms with van der Waals surface area (Å²) in [7, 11) is 1.81. The van der Waals surface area contributed by atoms with Crippen molar-refractivity contribution in [1.82, 2.24) is 0 Å². The van der Waals surface area contributed by atoms with Crippen LogP contribution >= 0.6 is 0 Å². The van der Waals surface area contributed by atoms with Crippen molar-refractivity contribution >= 4 is 33.8 Å². The van der Waals surface area contributed by atoms with Crippen molar-refractivity contribution in [3.8, 4) is 0 Å². The van der Waals surface area contributed by atoms with Gasteiger partial charge in [0.2, 0.25) is 0 Å². The second-order valence-electron chi connectivity index (χ2n) is 8.22. The zero-order chi connectivity index (χ0) is 23.2. The molecule has 0 atom stereocenters. The summed E-state index contributed by atoms with van der Waals surface area (Å²) in [5.41, 5.74) is 5.22. The number of nitrogens with zero attached hydrogens (tertiary/aromatic N) is 1. The molecule has 0 bridgehead atoms. The van der Waals surface area contributed by atoms with E-state index in [0.29, 0.717) is 17.8 Å². The Balaban J connectivity index is 1.44. The number of hydrogen-bond donors (Lipinski definition) is 2. The summed E-state index contributed by atoms with van der Waals surface area (Å²) >= 11 is 0. The lowest BCUT2D eigenvalue weighted by Gasteiger charge is -2.18. The molecule has 166 valence electrons. The molecule has 0 saturated carbocycles. The van der Waals surface area contributed by atoms with Crippen LogP contribution in [0.1, 0.15) is 41.3 Å². The molecule has 0 unspecified atom stereocenters. The number of carbonyl (C=O) groups is 1. The van der Waals surface area contributed by atoms with Crippen molar-refractivity contribution in [2.24, 2.45) is 0 Å². The van der Waals surface area contributed by atoms with E-state index in [1.54, 1.807) is 11.9 Å². The second kappa shape index (κ2) is 10.1. The smallest absolute Gasteiger partial charge is 0.258 e. The van der Waals surface area contributed by atoms with Crippen molar-refractivity contribution in [3.05, 3.63) is 108 Å². The van der Waals surface area contributed by atoms with Gasteiger partial charge in [0.15, 0.2) is 0 Å². The highest BCUT2D eigenvalue weighted by Crippen LogP contribution is 2.22. The van der Waals surface area contributed by atoms with Gasteiger partial charge in [-0.2, -0.15) is 0 Å². The molecule has 1 amide bonds. The molecule has 0 fully saturated rings. The summed E-state index contributed by atoms with van der Waals surface area (Å²) < 4.78 is 0. The predicted octanol–water partition coefficient (Wildman–Crippen LogP) is 6.90. The van der Waals surface area contributed by atoms with Crippen LogP contribution in [0.5, 0.6) is 0 Å². The summed E-state index contributed by atoms with van der Waals surface area (Å²) in [6, 6.07) is 29.9. The number of hydrogen-bond acceptors (Lipinski definition) is 3. The maximum absolute atomic E-state index is 13.0. The van der Waals surface area contributed by atoms with Gasteiger partial charge in [-0.05, 0) is 53.1 Å². The van der Waals surface area contributed by atoms with Gasteiger partial charge < -0.3 is 15.6 Å². The number of carbonyl (C=O) groups excluding carboxylic acids is 1. The standard InChI is InChI=1S/C29H29N3O/c1-3-8-27(30)26-11-6-7-12-28(26)31-20-21-13-17-25(18-14-21)32(2)29(33)24-16-15-22-9-4-5-10-23(22)19-24/h4-7,9-19,30-31H,3,8,20H2,1-2H3. The fraction of sp³-hybridized carbons (Fsp3) is 0.172. The molecule has 0 spiro atoms. The summed E-state index contributed by atoms with van der Waals surface area (Å²) in [5, 5.41) is 14.0. The quantitative estimate of drug-likeness (QED) is 0.296. The molecular weight excluding hydrogens is 406 g/mol. The Kier molecular flexibility index (Phi) is 6.84. The van der Waals surface area contributed by atoms with E-state index in [9.17, 15) is 4.79 Å². The van der Waals surface area contributed by atoms with E-state index < -0.39 is 0 Å². The first-order valence-corrected chi connectivity index (χ1v) is 11.3. The van der Waals surface area contributed by atoms with Crippen LogP contribution in [-0.4, -0.2) is 18.7 Å². The lowest BCUT2D eigenvalue weighted by Crippen LogP contribution is -2.26. The number of fused-ring (bicyclic) bond motifs is 1. The van der Waals surface area contributed by atoms with E-state index in [4.69, 9.17) is 5.41 Å². The monoisotopic (exact) mass is 435 g/mol. The molecule has 4 aromatic rings. The average molecular weight is 436 g/mol. The molecule has 0 aliphatic carbocycles. The molecular formula is C29H29N3O. The van der Waals surface area contributed by atoms with E-state index in [0.717, 1.165) is 46.1 Å². The number of nitrogens with one attached hydrogen (secondary N) is 2. The van der Waals surface area contributed by atoms with Gasteiger partial charge in [-0.15, -0.1) is 0 Å². The van der Waals surface area contributed by atoms with Gasteiger partial charge in [0.1, 0.15) is 0 Å².